The van der Waals surface area contributed by atoms with Crippen LogP contribution in [0.25, 0.3) is 0 Å². The monoisotopic (exact) mass is 363 g/mol. The highest BCUT2D eigenvalue weighted by atomic mass is 16.5. The van der Waals surface area contributed by atoms with Crippen LogP contribution in [0.4, 0.5) is 0 Å². The molecule has 1 aromatic rings. The standard InChI is InChI=1S/C20H33N3O3/c1-5-21-20(22-13-8-6-7-9-19(24)26-4)23-14-12-17-11-10-16(2)18(15-17)25-3/h10-11,15H,5-9,12-14H2,1-4H3,(H2,21,22,23). The van der Waals surface area contributed by atoms with Gasteiger partial charge < -0.3 is 20.1 Å². The molecule has 0 amide bonds. The number of aryl methyl sites for hydroxylation is 1. The maximum Gasteiger partial charge on any atom is 0.305 e. The van der Waals surface area contributed by atoms with Gasteiger partial charge in [0.15, 0.2) is 5.96 Å². The van der Waals surface area contributed by atoms with Gasteiger partial charge in [0.25, 0.3) is 0 Å². The second kappa shape index (κ2) is 13.0. The number of carbonyl (C=O) groups excluding carboxylic acids is 1. The van der Waals surface area contributed by atoms with Crippen LogP contribution in [0.2, 0.25) is 0 Å². The van der Waals surface area contributed by atoms with E-state index in [0.717, 1.165) is 62.6 Å². The lowest BCUT2D eigenvalue weighted by molar-refractivity contribution is -0.140. The van der Waals surface area contributed by atoms with Gasteiger partial charge in [-0.05, 0) is 50.3 Å². The van der Waals surface area contributed by atoms with Crippen LogP contribution in [-0.2, 0) is 16.0 Å². The maximum atomic E-state index is 11.1. The summed E-state index contributed by atoms with van der Waals surface area (Å²) < 4.78 is 10.0. The van der Waals surface area contributed by atoms with E-state index in [0.29, 0.717) is 6.42 Å². The Labute approximate surface area is 157 Å². The molecule has 0 saturated carbocycles. The van der Waals surface area contributed by atoms with Crippen LogP contribution in [0.5, 0.6) is 5.75 Å². The molecule has 0 saturated heterocycles. The number of nitrogens with zero attached hydrogens (tertiary/aromatic N) is 1. The summed E-state index contributed by atoms with van der Waals surface area (Å²) in [6.45, 7) is 6.47. The smallest absolute Gasteiger partial charge is 0.305 e. The number of esters is 1. The van der Waals surface area contributed by atoms with Gasteiger partial charge in [-0.3, -0.25) is 9.79 Å². The van der Waals surface area contributed by atoms with Crippen LogP contribution in [0.1, 0.15) is 43.7 Å². The van der Waals surface area contributed by atoms with E-state index in [2.05, 4.69) is 45.5 Å². The first-order valence-corrected chi connectivity index (χ1v) is 9.33. The van der Waals surface area contributed by atoms with E-state index in [1.54, 1.807) is 7.11 Å². The van der Waals surface area contributed by atoms with Crippen LogP contribution in [0.15, 0.2) is 23.2 Å². The van der Waals surface area contributed by atoms with E-state index in [9.17, 15) is 4.79 Å². The van der Waals surface area contributed by atoms with Crippen molar-refractivity contribution in [3.05, 3.63) is 29.3 Å². The molecule has 1 rings (SSSR count). The Morgan fingerprint density at radius 3 is 2.65 bits per heavy atom. The summed E-state index contributed by atoms with van der Waals surface area (Å²) in [6, 6.07) is 6.30. The Morgan fingerprint density at radius 1 is 1.15 bits per heavy atom. The van der Waals surface area contributed by atoms with Gasteiger partial charge in [-0.2, -0.15) is 0 Å². The molecular formula is C20H33N3O3. The van der Waals surface area contributed by atoms with Crippen molar-refractivity contribution in [1.82, 2.24) is 10.6 Å². The Balaban J connectivity index is 2.34. The number of aliphatic imine (C=N–C) groups is 1. The largest absolute Gasteiger partial charge is 0.496 e. The Bertz CT molecular complexity index is 573. The molecule has 0 aliphatic carbocycles. The van der Waals surface area contributed by atoms with Gasteiger partial charge in [0.2, 0.25) is 0 Å². The van der Waals surface area contributed by atoms with Crippen molar-refractivity contribution in [3.8, 4) is 5.75 Å². The Kier molecular flexibility index (Phi) is 10.9. The average molecular weight is 364 g/mol. The lowest BCUT2D eigenvalue weighted by Crippen LogP contribution is -2.38. The molecular weight excluding hydrogens is 330 g/mol. The van der Waals surface area contributed by atoms with Crippen LogP contribution in [0.3, 0.4) is 0 Å². The quantitative estimate of drug-likeness (QED) is 0.274. The van der Waals surface area contributed by atoms with Crippen molar-refractivity contribution in [3.63, 3.8) is 0 Å². The summed E-state index contributed by atoms with van der Waals surface area (Å²) in [5.74, 6) is 1.62. The molecule has 0 spiro atoms. The molecule has 0 aliphatic heterocycles. The third kappa shape index (κ3) is 8.74. The normalized spacial score (nSPS) is 11.2. The predicted molar refractivity (Wildman–Crippen MR) is 106 cm³/mol. The first-order valence-electron chi connectivity index (χ1n) is 9.33. The summed E-state index contributed by atoms with van der Waals surface area (Å²) in [5, 5.41) is 6.62. The van der Waals surface area contributed by atoms with Crippen molar-refractivity contribution in [1.29, 1.82) is 0 Å². The number of ether oxygens (including phenoxy) is 2. The lowest BCUT2D eigenvalue weighted by atomic mass is 10.1. The number of benzene rings is 1. The Morgan fingerprint density at radius 2 is 1.96 bits per heavy atom. The van der Waals surface area contributed by atoms with E-state index in [4.69, 9.17) is 4.74 Å². The van der Waals surface area contributed by atoms with Gasteiger partial charge >= 0.3 is 5.97 Å². The fourth-order valence-corrected chi connectivity index (χ4v) is 2.54. The number of hydrogen-bond acceptors (Lipinski definition) is 4. The molecule has 6 heteroatoms. The van der Waals surface area contributed by atoms with E-state index < -0.39 is 0 Å². The van der Waals surface area contributed by atoms with E-state index in [1.807, 2.05) is 6.92 Å². The highest BCUT2D eigenvalue weighted by molar-refractivity contribution is 5.79. The zero-order chi connectivity index (χ0) is 19.2. The molecule has 0 heterocycles. The molecule has 0 unspecified atom stereocenters. The molecule has 0 radical (unpaired) electrons. The molecule has 0 atom stereocenters. The van der Waals surface area contributed by atoms with Gasteiger partial charge in [-0.25, -0.2) is 0 Å². The number of nitrogens with one attached hydrogen (secondary N) is 2. The van der Waals surface area contributed by atoms with Gasteiger partial charge in [0, 0.05) is 26.1 Å². The lowest BCUT2D eigenvalue weighted by Gasteiger charge is -2.12. The highest BCUT2D eigenvalue weighted by Crippen LogP contribution is 2.18. The van der Waals surface area contributed by atoms with Crippen LogP contribution in [0, 0.1) is 6.92 Å². The zero-order valence-corrected chi connectivity index (χ0v) is 16.6. The molecule has 0 aliphatic rings. The Hall–Kier alpha value is -2.24. The van der Waals surface area contributed by atoms with Crippen LogP contribution < -0.4 is 15.4 Å². The second-order valence-corrected chi connectivity index (χ2v) is 6.13. The first kappa shape index (κ1) is 21.8. The number of methoxy groups -OCH3 is 2. The van der Waals surface area contributed by atoms with E-state index in [1.165, 1.54) is 12.7 Å². The molecule has 1 aromatic carbocycles. The third-order valence-corrected chi connectivity index (χ3v) is 4.06. The van der Waals surface area contributed by atoms with Crippen LogP contribution >= 0.6 is 0 Å². The second-order valence-electron chi connectivity index (χ2n) is 6.13. The molecule has 146 valence electrons. The van der Waals surface area contributed by atoms with E-state index >= 15 is 0 Å². The van der Waals surface area contributed by atoms with Crippen molar-refractivity contribution >= 4 is 11.9 Å². The molecule has 0 aromatic heterocycles. The zero-order valence-electron chi connectivity index (χ0n) is 16.6. The summed E-state index contributed by atoms with van der Waals surface area (Å²) in [4.78, 5) is 15.6. The third-order valence-electron chi connectivity index (χ3n) is 4.06. The van der Waals surface area contributed by atoms with Gasteiger partial charge in [0.1, 0.15) is 5.75 Å². The predicted octanol–water partition coefficient (Wildman–Crippen LogP) is 2.83. The number of unbranched alkanes of at least 4 members (excludes halogenated alkanes) is 2. The van der Waals surface area contributed by atoms with Crippen molar-refractivity contribution in [2.75, 3.05) is 33.9 Å². The van der Waals surface area contributed by atoms with Crippen molar-refractivity contribution < 1.29 is 14.3 Å². The molecule has 0 fully saturated rings. The number of guanidine groups is 1. The highest BCUT2D eigenvalue weighted by Gasteiger charge is 2.02. The van der Waals surface area contributed by atoms with Crippen molar-refractivity contribution in [2.24, 2.45) is 4.99 Å². The minimum absolute atomic E-state index is 0.142. The molecule has 0 bridgehead atoms. The molecule has 2 N–H and O–H groups in total. The topological polar surface area (TPSA) is 72.0 Å². The van der Waals surface area contributed by atoms with E-state index in [-0.39, 0.29) is 5.97 Å². The number of hydrogen-bond donors (Lipinski definition) is 2. The molecule has 6 nitrogen and oxygen atoms in total. The van der Waals surface area contributed by atoms with Crippen LogP contribution in [-0.4, -0.2) is 45.8 Å². The fourth-order valence-electron chi connectivity index (χ4n) is 2.54. The fraction of sp³-hybridized carbons (Fsp3) is 0.600. The minimum atomic E-state index is -0.142. The minimum Gasteiger partial charge on any atom is -0.496 e. The average Bonchev–Trinajstić information content (AvgIpc) is 2.65. The summed E-state index contributed by atoms with van der Waals surface area (Å²) in [6.07, 6.45) is 4.17. The van der Waals surface area contributed by atoms with Gasteiger partial charge in [-0.15, -0.1) is 0 Å². The number of carbonyl (C=O) groups is 1. The van der Waals surface area contributed by atoms with Crippen molar-refractivity contribution in [2.45, 2.75) is 46.0 Å². The SMILES string of the molecule is CCNC(=NCCCCCC(=O)OC)NCCc1ccc(C)c(OC)c1. The van der Waals surface area contributed by atoms with Gasteiger partial charge in [-0.1, -0.05) is 18.6 Å². The number of rotatable bonds is 11. The maximum absolute atomic E-state index is 11.1. The first-order chi connectivity index (χ1) is 12.6. The molecule has 26 heavy (non-hydrogen) atoms. The summed E-state index contributed by atoms with van der Waals surface area (Å²) >= 11 is 0. The summed E-state index contributed by atoms with van der Waals surface area (Å²) in [7, 11) is 3.12. The summed E-state index contributed by atoms with van der Waals surface area (Å²) in [5.41, 5.74) is 2.38. The van der Waals surface area contributed by atoms with Gasteiger partial charge in [0.05, 0.1) is 14.2 Å².